The van der Waals surface area contributed by atoms with Gasteiger partial charge < -0.3 is 9.80 Å². The van der Waals surface area contributed by atoms with Crippen molar-refractivity contribution >= 4 is 11.7 Å². The van der Waals surface area contributed by atoms with E-state index < -0.39 is 0 Å². The van der Waals surface area contributed by atoms with Crippen LogP contribution in [0.4, 0.5) is 5.82 Å². The molecule has 0 N–H and O–H groups in total. The molecule has 1 saturated carbocycles. The third-order valence-electron chi connectivity index (χ3n) is 6.50. The van der Waals surface area contributed by atoms with E-state index in [4.69, 9.17) is 0 Å². The molecule has 1 aromatic heterocycles. The van der Waals surface area contributed by atoms with Gasteiger partial charge in [0.1, 0.15) is 12.1 Å². The Balaban J connectivity index is 1.29. The predicted octanol–water partition coefficient (Wildman–Crippen LogP) is 2.35. The number of amides is 1. The number of benzene rings is 1. The smallest absolute Gasteiger partial charge is 0.254 e. The first kappa shape index (κ1) is 17.6. The summed E-state index contributed by atoms with van der Waals surface area (Å²) in [5, 5.41) is 0. The Hall–Kier alpha value is -2.47. The van der Waals surface area contributed by atoms with E-state index >= 15 is 0 Å². The van der Waals surface area contributed by atoms with Crippen molar-refractivity contribution in [1.29, 1.82) is 0 Å². The molecule has 0 unspecified atom stereocenters. The van der Waals surface area contributed by atoms with Gasteiger partial charge in [0.05, 0.1) is 12.2 Å². The Morgan fingerprint density at radius 1 is 0.964 bits per heavy atom. The van der Waals surface area contributed by atoms with Crippen LogP contribution in [0.5, 0.6) is 0 Å². The van der Waals surface area contributed by atoms with Gasteiger partial charge in [0.15, 0.2) is 0 Å². The molecule has 1 saturated heterocycles. The first-order valence-electron chi connectivity index (χ1n) is 10.5. The third kappa shape index (κ3) is 3.26. The predicted molar refractivity (Wildman–Crippen MR) is 108 cm³/mol. The van der Waals surface area contributed by atoms with Gasteiger partial charge in [0.2, 0.25) is 0 Å². The van der Waals surface area contributed by atoms with Crippen molar-refractivity contribution in [3.8, 4) is 0 Å². The molecule has 146 valence electrons. The van der Waals surface area contributed by atoms with Crippen molar-refractivity contribution in [2.45, 2.75) is 38.3 Å². The highest BCUT2D eigenvalue weighted by atomic mass is 16.2. The zero-order valence-electron chi connectivity index (χ0n) is 16.3. The van der Waals surface area contributed by atoms with Crippen LogP contribution in [-0.2, 0) is 13.0 Å². The highest BCUT2D eigenvalue weighted by molar-refractivity contribution is 5.94. The molecule has 5 rings (SSSR count). The summed E-state index contributed by atoms with van der Waals surface area (Å²) in [6.07, 6.45) is 6.63. The summed E-state index contributed by atoms with van der Waals surface area (Å²) in [6, 6.07) is 10.3. The molecule has 2 fully saturated rings. The van der Waals surface area contributed by atoms with Crippen LogP contribution in [0.1, 0.15) is 40.9 Å². The van der Waals surface area contributed by atoms with Crippen LogP contribution in [0.3, 0.4) is 0 Å². The number of hydrogen-bond acceptors (Lipinski definition) is 5. The molecule has 2 aromatic rings. The fourth-order valence-corrected chi connectivity index (χ4v) is 4.60. The largest absolute Gasteiger partial charge is 0.354 e. The normalized spacial score (nSPS) is 20.6. The lowest BCUT2D eigenvalue weighted by atomic mass is 9.91. The fraction of sp³-hybridized carbons (Fsp3) is 0.500. The van der Waals surface area contributed by atoms with E-state index in [2.05, 4.69) is 19.8 Å². The second kappa shape index (κ2) is 7.51. The van der Waals surface area contributed by atoms with Crippen LogP contribution in [0, 0.1) is 0 Å². The average molecular weight is 377 g/mol. The lowest BCUT2D eigenvalue weighted by molar-refractivity contribution is 0.0731. The molecule has 2 aliphatic heterocycles. The summed E-state index contributed by atoms with van der Waals surface area (Å²) in [7, 11) is 0. The van der Waals surface area contributed by atoms with E-state index in [1.807, 2.05) is 35.2 Å². The van der Waals surface area contributed by atoms with E-state index in [0.29, 0.717) is 6.54 Å². The maximum absolute atomic E-state index is 12.8. The molecule has 0 radical (unpaired) electrons. The van der Waals surface area contributed by atoms with Gasteiger partial charge in [-0.05, 0) is 31.4 Å². The van der Waals surface area contributed by atoms with Crippen molar-refractivity contribution < 1.29 is 4.79 Å². The Bertz CT molecular complexity index is 843. The minimum Gasteiger partial charge on any atom is -0.354 e. The summed E-state index contributed by atoms with van der Waals surface area (Å²) in [4.78, 5) is 28.9. The maximum atomic E-state index is 12.8. The van der Waals surface area contributed by atoms with E-state index in [9.17, 15) is 4.79 Å². The van der Waals surface area contributed by atoms with Gasteiger partial charge in [0.25, 0.3) is 5.91 Å². The van der Waals surface area contributed by atoms with Gasteiger partial charge in [-0.3, -0.25) is 9.69 Å². The topological polar surface area (TPSA) is 52.6 Å². The second-order valence-corrected chi connectivity index (χ2v) is 8.07. The molecule has 3 aliphatic rings. The molecular formula is C22H27N5O. The second-order valence-electron chi connectivity index (χ2n) is 8.07. The van der Waals surface area contributed by atoms with Gasteiger partial charge in [0, 0.05) is 49.9 Å². The molecule has 0 spiro atoms. The fourth-order valence-electron chi connectivity index (χ4n) is 4.60. The van der Waals surface area contributed by atoms with Crippen molar-refractivity contribution in [1.82, 2.24) is 19.8 Å². The minimum atomic E-state index is 0.0838. The van der Waals surface area contributed by atoms with Gasteiger partial charge in [-0.2, -0.15) is 0 Å². The lowest BCUT2D eigenvalue weighted by Crippen LogP contribution is -2.52. The highest BCUT2D eigenvalue weighted by Crippen LogP contribution is 2.29. The Labute approximate surface area is 166 Å². The van der Waals surface area contributed by atoms with Crippen molar-refractivity contribution in [3.05, 3.63) is 53.5 Å². The number of rotatable bonds is 3. The SMILES string of the molecule is O=C(c1ccccc1)N1CCc2c(ncnc2N2CCN(C3CCC3)CC2)C1. The molecule has 0 atom stereocenters. The van der Waals surface area contributed by atoms with Gasteiger partial charge in [-0.15, -0.1) is 0 Å². The van der Waals surface area contributed by atoms with E-state index in [1.165, 1.54) is 24.8 Å². The molecule has 1 aliphatic carbocycles. The van der Waals surface area contributed by atoms with Crippen LogP contribution in [0.2, 0.25) is 0 Å². The highest BCUT2D eigenvalue weighted by Gasteiger charge is 2.31. The summed E-state index contributed by atoms with van der Waals surface area (Å²) in [5.74, 6) is 1.17. The molecule has 1 aromatic carbocycles. The standard InChI is InChI=1S/C22H27N5O/c28-22(17-5-2-1-3-6-17)27-10-9-19-20(15-27)23-16-24-21(19)26-13-11-25(12-14-26)18-7-4-8-18/h1-3,5-6,16,18H,4,7-15H2. The number of nitrogens with zero attached hydrogens (tertiary/aromatic N) is 5. The Morgan fingerprint density at radius 2 is 1.75 bits per heavy atom. The Morgan fingerprint density at radius 3 is 2.46 bits per heavy atom. The first-order chi connectivity index (χ1) is 13.8. The van der Waals surface area contributed by atoms with Crippen LogP contribution < -0.4 is 4.90 Å². The van der Waals surface area contributed by atoms with Crippen molar-refractivity contribution in [3.63, 3.8) is 0 Å². The number of piperazine rings is 1. The number of hydrogen-bond donors (Lipinski definition) is 0. The number of fused-ring (bicyclic) bond motifs is 1. The summed E-state index contributed by atoms with van der Waals surface area (Å²) in [5.41, 5.74) is 2.98. The van der Waals surface area contributed by atoms with Crippen molar-refractivity contribution in [2.24, 2.45) is 0 Å². The lowest BCUT2D eigenvalue weighted by Gasteiger charge is -2.43. The van der Waals surface area contributed by atoms with E-state index in [-0.39, 0.29) is 5.91 Å². The molecule has 0 bridgehead atoms. The first-order valence-corrected chi connectivity index (χ1v) is 10.5. The molecule has 6 nitrogen and oxygen atoms in total. The number of aromatic nitrogens is 2. The van der Waals surface area contributed by atoms with Crippen LogP contribution in [0.25, 0.3) is 0 Å². The van der Waals surface area contributed by atoms with Gasteiger partial charge in [-0.25, -0.2) is 9.97 Å². The van der Waals surface area contributed by atoms with Crippen LogP contribution in [0.15, 0.2) is 36.7 Å². The minimum absolute atomic E-state index is 0.0838. The summed E-state index contributed by atoms with van der Waals surface area (Å²) in [6.45, 7) is 5.62. The van der Waals surface area contributed by atoms with Gasteiger partial charge >= 0.3 is 0 Å². The molecule has 28 heavy (non-hydrogen) atoms. The molecule has 3 heterocycles. The van der Waals surface area contributed by atoms with Crippen molar-refractivity contribution in [2.75, 3.05) is 37.6 Å². The molecule has 6 heteroatoms. The molecular weight excluding hydrogens is 350 g/mol. The number of anilines is 1. The Kier molecular flexibility index (Phi) is 4.72. The van der Waals surface area contributed by atoms with E-state index in [0.717, 1.165) is 62.3 Å². The monoisotopic (exact) mass is 377 g/mol. The zero-order valence-corrected chi connectivity index (χ0v) is 16.3. The van der Waals surface area contributed by atoms with Crippen LogP contribution >= 0.6 is 0 Å². The average Bonchev–Trinajstić information content (AvgIpc) is 2.72. The quantitative estimate of drug-likeness (QED) is 0.822. The third-order valence-corrected chi connectivity index (χ3v) is 6.50. The van der Waals surface area contributed by atoms with E-state index in [1.54, 1.807) is 6.33 Å². The van der Waals surface area contributed by atoms with Gasteiger partial charge in [-0.1, -0.05) is 24.6 Å². The van der Waals surface area contributed by atoms with Crippen LogP contribution in [-0.4, -0.2) is 64.4 Å². The summed E-state index contributed by atoms with van der Waals surface area (Å²) >= 11 is 0. The summed E-state index contributed by atoms with van der Waals surface area (Å²) < 4.78 is 0. The maximum Gasteiger partial charge on any atom is 0.254 e. The zero-order chi connectivity index (χ0) is 18.9. The molecule has 1 amide bonds. The number of carbonyl (C=O) groups is 1. The number of carbonyl (C=O) groups excluding carboxylic acids is 1.